The molecule has 0 unspecified atom stereocenters. The highest BCUT2D eigenvalue weighted by atomic mass is 32.1. The van der Waals surface area contributed by atoms with Crippen LogP contribution in [0.2, 0.25) is 0 Å². The highest BCUT2D eigenvalue weighted by molar-refractivity contribution is 7.80. The van der Waals surface area contributed by atoms with E-state index in [4.69, 9.17) is 17.0 Å². The van der Waals surface area contributed by atoms with Crippen molar-refractivity contribution in [3.8, 4) is 0 Å². The van der Waals surface area contributed by atoms with Crippen LogP contribution in [0.3, 0.4) is 0 Å². The number of thiocarbonyl (C=S) groups is 1. The molecule has 0 aliphatic heterocycles. The molecular weight excluding hydrogens is 168 g/mol. The average molecular weight is 186 g/mol. The van der Waals surface area contributed by atoms with Gasteiger partial charge in [-0.2, -0.15) is 0 Å². The molecule has 0 saturated carbocycles. The predicted molar refractivity (Wildman–Crippen MR) is 57.4 cm³/mol. The molecule has 0 saturated heterocycles. The molecule has 0 aliphatic carbocycles. The molecule has 12 heavy (non-hydrogen) atoms. The minimum absolute atomic E-state index is 0.591. The third-order valence-electron chi connectivity index (χ3n) is 1.32. The normalized spacial score (nSPS) is 11.0. The lowest BCUT2D eigenvalue weighted by Crippen LogP contribution is -2.00. The van der Waals surface area contributed by atoms with Crippen LogP contribution in [0.4, 0.5) is 0 Å². The van der Waals surface area contributed by atoms with Gasteiger partial charge in [0.25, 0.3) is 0 Å². The zero-order valence-electron chi connectivity index (χ0n) is 8.17. The summed E-state index contributed by atoms with van der Waals surface area (Å²) in [5, 5.41) is 0.728. The van der Waals surface area contributed by atoms with E-state index in [9.17, 15) is 0 Å². The summed E-state index contributed by atoms with van der Waals surface area (Å²) in [6, 6.07) is 0. The highest BCUT2D eigenvalue weighted by Crippen LogP contribution is 1.96. The van der Waals surface area contributed by atoms with Gasteiger partial charge in [-0.1, -0.05) is 32.9 Å². The molecule has 0 amide bonds. The minimum Gasteiger partial charge on any atom is -0.483 e. The molecule has 2 heteroatoms. The smallest absolute Gasteiger partial charge is 0.160 e. The molecule has 70 valence electrons. The fourth-order valence-electron chi connectivity index (χ4n) is 0.745. The van der Waals surface area contributed by atoms with Gasteiger partial charge in [0, 0.05) is 6.42 Å². The van der Waals surface area contributed by atoms with E-state index in [0.29, 0.717) is 12.5 Å². The highest BCUT2D eigenvalue weighted by Gasteiger charge is 1.92. The van der Waals surface area contributed by atoms with Crippen LogP contribution in [0.25, 0.3) is 0 Å². The van der Waals surface area contributed by atoms with Gasteiger partial charge in [-0.3, -0.25) is 0 Å². The molecule has 0 aromatic carbocycles. The van der Waals surface area contributed by atoms with Gasteiger partial charge < -0.3 is 4.74 Å². The second kappa shape index (κ2) is 7.29. The summed E-state index contributed by atoms with van der Waals surface area (Å²) >= 11 is 4.98. The molecule has 0 radical (unpaired) electrons. The maximum atomic E-state index is 5.28. The van der Waals surface area contributed by atoms with Gasteiger partial charge in [-0.25, -0.2) is 0 Å². The van der Waals surface area contributed by atoms with Crippen LogP contribution in [0, 0.1) is 5.92 Å². The number of rotatable bonds is 5. The van der Waals surface area contributed by atoms with Crippen molar-refractivity contribution in [3.05, 3.63) is 12.2 Å². The maximum absolute atomic E-state index is 5.28. The molecule has 0 spiro atoms. The number of hydrogen-bond acceptors (Lipinski definition) is 2. The third kappa shape index (κ3) is 7.73. The maximum Gasteiger partial charge on any atom is 0.160 e. The summed E-state index contributed by atoms with van der Waals surface area (Å²) in [6.45, 7) is 7.00. The molecule has 0 rings (SSSR count). The Balaban J connectivity index is 3.36. The molecule has 0 aliphatic rings. The minimum atomic E-state index is 0.591. The zero-order chi connectivity index (χ0) is 9.40. The standard InChI is InChI=1S/C10H18OS/c1-4-6-10(12)11-8-5-7-9(2)3/h5,7,9H,4,6,8H2,1-3H3. The lowest BCUT2D eigenvalue weighted by molar-refractivity contribution is 0.348. The van der Waals surface area contributed by atoms with Crippen molar-refractivity contribution in [2.75, 3.05) is 6.61 Å². The Labute approximate surface area is 80.8 Å². The van der Waals surface area contributed by atoms with Crippen LogP contribution in [-0.4, -0.2) is 11.7 Å². The second-order valence-corrected chi connectivity index (χ2v) is 3.56. The molecule has 0 aromatic rings. The van der Waals surface area contributed by atoms with E-state index in [-0.39, 0.29) is 0 Å². The summed E-state index contributed by atoms with van der Waals surface area (Å²) in [7, 11) is 0. The van der Waals surface area contributed by atoms with Gasteiger partial charge in [-0.05, 0) is 24.6 Å². The number of hydrogen-bond donors (Lipinski definition) is 0. The quantitative estimate of drug-likeness (QED) is 0.481. The van der Waals surface area contributed by atoms with Crippen molar-refractivity contribution in [2.45, 2.75) is 33.6 Å². The van der Waals surface area contributed by atoms with Crippen molar-refractivity contribution >= 4 is 17.3 Å². The lowest BCUT2D eigenvalue weighted by atomic mass is 10.2. The van der Waals surface area contributed by atoms with Gasteiger partial charge >= 0.3 is 0 Å². The van der Waals surface area contributed by atoms with Crippen molar-refractivity contribution in [1.29, 1.82) is 0 Å². The SMILES string of the molecule is CCCC(=S)OCC=CC(C)C. The van der Waals surface area contributed by atoms with E-state index >= 15 is 0 Å². The molecule has 0 fully saturated rings. The number of ether oxygens (including phenoxy) is 1. The van der Waals surface area contributed by atoms with Crippen LogP contribution in [0.5, 0.6) is 0 Å². The van der Waals surface area contributed by atoms with Crippen LogP contribution < -0.4 is 0 Å². The van der Waals surface area contributed by atoms with Gasteiger partial charge in [0.15, 0.2) is 5.05 Å². The lowest BCUT2D eigenvalue weighted by Gasteiger charge is -2.02. The van der Waals surface area contributed by atoms with Gasteiger partial charge in [-0.15, -0.1) is 0 Å². The van der Waals surface area contributed by atoms with Crippen molar-refractivity contribution in [2.24, 2.45) is 5.92 Å². The Morgan fingerprint density at radius 3 is 2.67 bits per heavy atom. The van der Waals surface area contributed by atoms with E-state index in [0.717, 1.165) is 17.9 Å². The van der Waals surface area contributed by atoms with Crippen molar-refractivity contribution in [1.82, 2.24) is 0 Å². The predicted octanol–water partition coefficient (Wildman–Crippen LogP) is 3.34. The first-order valence-corrected chi connectivity index (χ1v) is 4.90. The van der Waals surface area contributed by atoms with Crippen LogP contribution in [0.15, 0.2) is 12.2 Å². The first kappa shape index (κ1) is 11.6. The van der Waals surface area contributed by atoms with E-state index in [1.807, 2.05) is 6.08 Å². The molecular formula is C10H18OS. The summed E-state index contributed by atoms with van der Waals surface area (Å²) in [4.78, 5) is 0. The summed E-state index contributed by atoms with van der Waals surface area (Å²) < 4.78 is 5.28. The van der Waals surface area contributed by atoms with Crippen LogP contribution >= 0.6 is 12.2 Å². The third-order valence-corrected chi connectivity index (χ3v) is 1.64. The second-order valence-electron chi connectivity index (χ2n) is 3.11. The first-order chi connectivity index (χ1) is 5.66. The summed E-state index contributed by atoms with van der Waals surface area (Å²) in [5.41, 5.74) is 0. The Morgan fingerprint density at radius 2 is 2.17 bits per heavy atom. The van der Waals surface area contributed by atoms with Crippen molar-refractivity contribution < 1.29 is 4.74 Å². The molecule has 0 aromatic heterocycles. The van der Waals surface area contributed by atoms with Gasteiger partial charge in [0.2, 0.25) is 0 Å². The largest absolute Gasteiger partial charge is 0.483 e. The fraction of sp³-hybridized carbons (Fsp3) is 0.700. The molecule has 0 atom stereocenters. The van der Waals surface area contributed by atoms with Gasteiger partial charge in [0.05, 0.1) is 0 Å². The fourth-order valence-corrected chi connectivity index (χ4v) is 1.02. The van der Waals surface area contributed by atoms with Crippen molar-refractivity contribution in [3.63, 3.8) is 0 Å². The van der Waals surface area contributed by atoms with E-state index < -0.39 is 0 Å². The average Bonchev–Trinajstić information content (AvgIpc) is 1.98. The summed E-state index contributed by atoms with van der Waals surface area (Å²) in [5.74, 6) is 0.591. The molecule has 1 nitrogen and oxygen atoms in total. The Kier molecular flexibility index (Phi) is 7.06. The Morgan fingerprint density at radius 1 is 1.50 bits per heavy atom. The van der Waals surface area contributed by atoms with Crippen LogP contribution in [0.1, 0.15) is 33.6 Å². The Hall–Kier alpha value is -0.370. The van der Waals surface area contributed by atoms with E-state index in [2.05, 4.69) is 26.8 Å². The summed E-state index contributed by atoms with van der Waals surface area (Å²) in [6.07, 6.45) is 6.10. The molecule has 0 bridgehead atoms. The van der Waals surface area contributed by atoms with E-state index in [1.54, 1.807) is 0 Å². The molecule has 0 heterocycles. The molecule has 0 N–H and O–H groups in total. The van der Waals surface area contributed by atoms with Gasteiger partial charge in [0.1, 0.15) is 6.61 Å². The van der Waals surface area contributed by atoms with E-state index in [1.165, 1.54) is 0 Å². The topological polar surface area (TPSA) is 9.23 Å². The first-order valence-electron chi connectivity index (χ1n) is 4.49. The monoisotopic (exact) mass is 186 g/mol. The number of allylic oxidation sites excluding steroid dienone is 1. The Bertz CT molecular complexity index is 150. The van der Waals surface area contributed by atoms with Crippen LogP contribution in [-0.2, 0) is 4.74 Å². The zero-order valence-corrected chi connectivity index (χ0v) is 8.99.